The van der Waals surface area contributed by atoms with E-state index in [-0.39, 0.29) is 12.4 Å². The van der Waals surface area contributed by atoms with Gasteiger partial charge in [-0.05, 0) is 6.07 Å². The summed E-state index contributed by atoms with van der Waals surface area (Å²) in [4.78, 5) is 24.2. The van der Waals surface area contributed by atoms with Crippen molar-refractivity contribution in [2.75, 3.05) is 17.6 Å². The number of carbonyl (C=O) groups is 1. The van der Waals surface area contributed by atoms with Crippen molar-refractivity contribution in [3.63, 3.8) is 0 Å². The first-order valence-corrected chi connectivity index (χ1v) is 7.68. The number of fused-ring (bicyclic) bond motifs is 1. The molecule has 0 bridgehead atoms. The number of primary amides is 1. The van der Waals surface area contributed by atoms with Crippen LogP contribution < -0.4 is 16.8 Å². The second-order valence-electron chi connectivity index (χ2n) is 4.50. The predicted octanol–water partition coefficient (Wildman–Crippen LogP) is 1.41. The third-order valence-corrected chi connectivity index (χ3v) is 4.48. The van der Waals surface area contributed by atoms with E-state index in [0.717, 1.165) is 4.90 Å². The van der Waals surface area contributed by atoms with Crippen LogP contribution in [0.3, 0.4) is 0 Å². The van der Waals surface area contributed by atoms with Gasteiger partial charge in [-0.15, -0.1) is 0 Å². The number of hydrogen-bond donors (Lipinski definition) is 3. The highest BCUT2D eigenvalue weighted by molar-refractivity contribution is 7.99. The van der Waals surface area contributed by atoms with E-state index in [2.05, 4.69) is 20.3 Å². The van der Waals surface area contributed by atoms with Gasteiger partial charge in [0.25, 0.3) is 0 Å². The summed E-state index contributed by atoms with van der Waals surface area (Å²) in [5.74, 6) is 0.410. The maximum absolute atomic E-state index is 10.9. The number of nitrogen functional groups attached to an aromatic ring is 1. The molecule has 8 nitrogen and oxygen atoms in total. The number of nitrogens with two attached hydrogens (primary N) is 2. The molecule has 0 aromatic carbocycles. The van der Waals surface area contributed by atoms with Gasteiger partial charge in [0.05, 0.1) is 17.8 Å². The molecule has 10 heteroatoms. The molecule has 3 aromatic rings. The molecule has 0 atom stereocenters. The summed E-state index contributed by atoms with van der Waals surface area (Å²) in [7, 11) is 0. The molecule has 3 aromatic heterocycles. The maximum atomic E-state index is 10.9. The first-order chi connectivity index (χ1) is 11.1. The van der Waals surface area contributed by atoms with Crippen molar-refractivity contribution in [3.05, 3.63) is 35.9 Å². The molecular formula is C13H12ClN7OS. The van der Waals surface area contributed by atoms with Gasteiger partial charge < -0.3 is 16.8 Å². The molecule has 0 aliphatic heterocycles. The van der Waals surface area contributed by atoms with Crippen molar-refractivity contribution in [2.45, 2.75) is 9.92 Å². The molecule has 0 unspecified atom stereocenters. The number of rotatable bonds is 5. The van der Waals surface area contributed by atoms with Gasteiger partial charge in [0.1, 0.15) is 16.7 Å². The van der Waals surface area contributed by atoms with Crippen LogP contribution in [0.25, 0.3) is 5.65 Å². The number of nitrogens with zero attached hydrogens (tertiary/aromatic N) is 4. The zero-order valence-electron chi connectivity index (χ0n) is 11.7. The number of nitrogens with one attached hydrogen (secondary N) is 1. The van der Waals surface area contributed by atoms with Crippen molar-refractivity contribution < 1.29 is 4.79 Å². The molecule has 1 amide bonds. The number of pyridine rings is 1. The normalized spacial score (nSPS) is 10.8. The highest BCUT2D eigenvalue weighted by Crippen LogP contribution is 2.36. The molecule has 0 saturated carbocycles. The molecule has 0 aliphatic rings. The number of imidazole rings is 1. The lowest BCUT2D eigenvalue weighted by Crippen LogP contribution is -2.22. The van der Waals surface area contributed by atoms with Crippen LogP contribution in [0.1, 0.15) is 0 Å². The monoisotopic (exact) mass is 349 g/mol. The van der Waals surface area contributed by atoms with Crippen molar-refractivity contribution in [1.82, 2.24) is 19.4 Å². The quantitative estimate of drug-likeness (QED) is 0.636. The van der Waals surface area contributed by atoms with Crippen molar-refractivity contribution in [1.29, 1.82) is 0 Å². The molecule has 0 fully saturated rings. The van der Waals surface area contributed by atoms with Crippen LogP contribution in [0.4, 0.5) is 11.6 Å². The Hall–Kier alpha value is -2.52. The first kappa shape index (κ1) is 15.4. The lowest BCUT2D eigenvalue weighted by atomic mass is 10.5. The zero-order valence-corrected chi connectivity index (χ0v) is 13.3. The number of anilines is 2. The predicted molar refractivity (Wildman–Crippen MR) is 88.5 cm³/mol. The number of aromatic nitrogens is 4. The molecule has 0 aliphatic carbocycles. The average Bonchev–Trinajstić information content (AvgIpc) is 3.01. The summed E-state index contributed by atoms with van der Waals surface area (Å²) < 4.78 is 1.77. The molecule has 118 valence electrons. The number of halogens is 1. The molecule has 0 spiro atoms. The first-order valence-electron chi connectivity index (χ1n) is 6.48. The van der Waals surface area contributed by atoms with Gasteiger partial charge in [0.15, 0.2) is 5.65 Å². The highest BCUT2D eigenvalue weighted by atomic mass is 35.5. The molecule has 0 saturated heterocycles. The van der Waals surface area contributed by atoms with E-state index in [9.17, 15) is 4.79 Å². The Kier molecular flexibility index (Phi) is 4.22. The van der Waals surface area contributed by atoms with Gasteiger partial charge in [-0.3, -0.25) is 9.20 Å². The Morgan fingerprint density at radius 2 is 2.17 bits per heavy atom. The SMILES string of the molecule is NC(=O)CNc1cnc(Sc2ccnc(N)c2Cl)c2nccn12. The van der Waals surface area contributed by atoms with Crippen molar-refractivity contribution in [2.24, 2.45) is 5.73 Å². The van der Waals surface area contributed by atoms with E-state index in [0.29, 0.717) is 21.5 Å². The molecule has 23 heavy (non-hydrogen) atoms. The number of carbonyl (C=O) groups excluding carboxylic acids is 1. The summed E-state index contributed by atoms with van der Waals surface area (Å²) in [5, 5.41) is 3.93. The minimum absolute atomic E-state index is 0.00810. The van der Waals surface area contributed by atoms with Crippen LogP contribution in [-0.4, -0.2) is 31.8 Å². The highest BCUT2D eigenvalue weighted by Gasteiger charge is 2.13. The van der Waals surface area contributed by atoms with Gasteiger partial charge in [-0.25, -0.2) is 15.0 Å². The Morgan fingerprint density at radius 3 is 2.96 bits per heavy atom. The fourth-order valence-electron chi connectivity index (χ4n) is 1.90. The maximum Gasteiger partial charge on any atom is 0.236 e. The van der Waals surface area contributed by atoms with Gasteiger partial charge in [0, 0.05) is 23.5 Å². The minimum atomic E-state index is -0.462. The third-order valence-electron chi connectivity index (χ3n) is 2.93. The van der Waals surface area contributed by atoms with Gasteiger partial charge in [-0.2, -0.15) is 0 Å². The fourth-order valence-corrected chi connectivity index (χ4v) is 3.01. The number of hydrogen-bond acceptors (Lipinski definition) is 7. The van der Waals surface area contributed by atoms with E-state index < -0.39 is 5.91 Å². The second-order valence-corrected chi connectivity index (χ2v) is 5.91. The second kappa shape index (κ2) is 6.31. The minimum Gasteiger partial charge on any atom is -0.382 e. The van der Waals surface area contributed by atoms with E-state index >= 15 is 0 Å². The molecule has 0 radical (unpaired) electrons. The van der Waals surface area contributed by atoms with Crippen LogP contribution in [0.15, 0.2) is 40.8 Å². The summed E-state index contributed by atoms with van der Waals surface area (Å²) in [6, 6.07) is 1.75. The lowest BCUT2D eigenvalue weighted by Gasteiger charge is -2.10. The zero-order chi connectivity index (χ0) is 16.4. The fraction of sp³-hybridized carbons (Fsp3) is 0.0769. The van der Waals surface area contributed by atoms with E-state index in [4.69, 9.17) is 23.1 Å². The Bertz CT molecular complexity index is 882. The summed E-state index contributed by atoms with van der Waals surface area (Å²) in [6.45, 7) is 0.00810. The van der Waals surface area contributed by atoms with Crippen molar-refractivity contribution >= 4 is 46.6 Å². The smallest absolute Gasteiger partial charge is 0.236 e. The Labute approximate surface area is 140 Å². The topological polar surface area (TPSA) is 124 Å². The molecular weight excluding hydrogens is 338 g/mol. The van der Waals surface area contributed by atoms with E-state index in [1.165, 1.54) is 11.8 Å². The van der Waals surface area contributed by atoms with Crippen molar-refractivity contribution in [3.8, 4) is 0 Å². The molecule has 3 heterocycles. The van der Waals surface area contributed by atoms with E-state index in [1.807, 2.05) is 0 Å². The Morgan fingerprint density at radius 1 is 1.35 bits per heavy atom. The lowest BCUT2D eigenvalue weighted by molar-refractivity contribution is -0.116. The van der Waals surface area contributed by atoms with Gasteiger partial charge >= 0.3 is 0 Å². The molecule has 5 N–H and O–H groups in total. The van der Waals surface area contributed by atoms with E-state index in [1.54, 1.807) is 35.3 Å². The average molecular weight is 350 g/mol. The van der Waals surface area contributed by atoms with Crippen LogP contribution in [0, 0.1) is 0 Å². The van der Waals surface area contributed by atoms with Crippen LogP contribution >= 0.6 is 23.4 Å². The largest absolute Gasteiger partial charge is 0.382 e. The summed E-state index contributed by atoms with van der Waals surface area (Å²) in [5.41, 5.74) is 11.5. The summed E-state index contributed by atoms with van der Waals surface area (Å²) in [6.07, 6.45) is 6.57. The molecule has 3 rings (SSSR count). The number of amides is 1. The van der Waals surface area contributed by atoms with Gasteiger partial charge in [-0.1, -0.05) is 23.4 Å². The standard InChI is InChI=1S/C13H12ClN7OS/c14-10-7(1-2-17-11(10)16)23-13-12-18-3-4-21(12)9(6-20-13)19-5-8(15)22/h1-4,6,19H,5H2,(H2,15,22)(H2,16,17). The van der Waals surface area contributed by atoms with Crippen LogP contribution in [-0.2, 0) is 4.79 Å². The third kappa shape index (κ3) is 3.15. The van der Waals surface area contributed by atoms with Crippen LogP contribution in [0.2, 0.25) is 5.02 Å². The summed E-state index contributed by atoms with van der Waals surface area (Å²) >= 11 is 7.49. The Balaban J connectivity index is 1.96. The van der Waals surface area contributed by atoms with Gasteiger partial charge in [0.2, 0.25) is 5.91 Å². The van der Waals surface area contributed by atoms with Crippen LogP contribution in [0.5, 0.6) is 0 Å².